The maximum atomic E-state index is 12.5. The molecule has 0 saturated carbocycles. The van der Waals surface area contributed by atoms with Crippen LogP contribution in [-0.2, 0) is 6.54 Å². The van der Waals surface area contributed by atoms with Crippen LogP contribution < -0.4 is 10.5 Å². The number of hydrogen-bond acceptors (Lipinski definition) is 4. The Morgan fingerprint density at radius 3 is 2.58 bits per heavy atom. The molecule has 2 N–H and O–H groups in total. The number of carbonyl (C=O) groups is 1. The van der Waals surface area contributed by atoms with Gasteiger partial charge in [0.2, 0.25) is 0 Å². The van der Waals surface area contributed by atoms with E-state index in [9.17, 15) is 4.79 Å². The first-order valence-electron chi connectivity index (χ1n) is 7.95. The second-order valence-corrected chi connectivity index (χ2v) is 6.80. The molecule has 130 valence electrons. The lowest BCUT2D eigenvalue weighted by molar-refractivity contribution is 0.0740. The van der Waals surface area contributed by atoms with Crippen LogP contribution >= 0.6 is 0 Å². The molecule has 0 radical (unpaired) electrons. The van der Waals surface area contributed by atoms with Crippen LogP contribution in [0.25, 0.3) is 0 Å². The second kappa shape index (κ2) is 7.49. The molecule has 0 bridgehead atoms. The summed E-state index contributed by atoms with van der Waals surface area (Å²) in [6.45, 7) is 5.83. The number of rotatable bonds is 7. The Balaban J connectivity index is 2.02. The van der Waals surface area contributed by atoms with Gasteiger partial charge in [0.15, 0.2) is 0 Å². The Labute approximate surface area is 143 Å². The van der Waals surface area contributed by atoms with E-state index in [4.69, 9.17) is 10.5 Å². The first-order valence-corrected chi connectivity index (χ1v) is 7.95. The van der Waals surface area contributed by atoms with Crippen molar-refractivity contribution in [2.75, 3.05) is 27.2 Å². The van der Waals surface area contributed by atoms with Crippen LogP contribution in [0, 0.1) is 5.41 Å². The molecule has 1 heterocycles. The minimum absolute atomic E-state index is 0.0440. The maximum absolute atomic E-state index is 12.5. The van der Waals surface area contributed by atoms with E-state index >= 15 is 0 Å². The van der Waals surface area contributed by atoms with E-state index in [2.05, 4.69) is 5.10 Å². The molecule has 0 aliphatic carbocycles. The average molecular weight is 330 g/mol. The van der Waals surface area contributed by atoms with E-state index < -0.39 is 0 Å². The monoisotopic (exact) mass is 330 g/mol. The van der Waals surface area contributed by atoms with Gasteiger partial charge in [-0.1, -0.05) is 26.0 Å². The van der Waals surface area contributed by atoms with Gasteiger partial charge in [0.1, 0.15) is 5.75 Å². The molecule has 6 nitrogen and oxygen atoms in total. The van der Waals surface area contributed by atoms with Crippen molar-refractivity contribution in [1.29, 1.82) is 0 Å². The van der Waals surface area contributed by atoms with Crippen LogP contribution in [-0.4, -0.2) is 47.8 Å². The number of ether oxygens (including phenoxy) is 1. The lowest BCUT2D eigenvalue weighted by atomic mass is 9.93. The number of nitrogens with zero attached hydrogens (tertiary/aromatic N) is 3. The Morgan fingerprint density at radius 2 is 2.00 bits per heavy atom. The van der Waals surface area contributed by atoms with Gasteiger partial charge in [-0.3, -0.25) is 9.48 Å². The zero-order valence-corrected chi connectivity index (χ0v) is 14.8. The summed E-state index contributed by atoms with van der Waals surface area (Å²) in [5.41, 5.74) is 7.31. The van der Waals surface area contributed by atoms with Crippen molar-refractivity contribution in [2.24, 2.45) is 11.1 Å². The highest BCUT2D eigenvalue weighted by atomic mass is 16.5. The molecule has 0 aliphatic rings. The predicted molar refractivity (Wildman–Crippen MR) is 94.1 cm³/mol. The lowest BCUT2D eigenvalue weighted by Gasteiger charge is -2.28. The van der Waals surface area contributed by atoms with Crippen molar-refractivity contribution in [3.05, 3.63) is 47.8 Å². The summed E-state index contributed by atoms with van der Waals surface area (Å²) in [4.78, 5) is 14.2. The fourth-order valence-corrected chi connectivity index (χ4v) is 2.48. The van der Waals surface area contributed by atoms with E-state index in [-0.39, 0.29) is 11.3 Å². The molecule has 24 heavy (non-hydrogen) atoms. The molecular formula is C18H26N4O2. The number of nitrogens with two attached hydrogens (primary N) is 1. The zero-order valence-electron chi connectivity index (χ0n) is 14.8. The molecular weight excluding hydrogens is 304 g/mol. The lowest BCUT2D eigenvalue weighted by Crippen LogP contribution is -2.39. The van der Waals surface area contributed by atoms with Crippen LogP contribution in [0.15, 0.2) is 36.7 Å². The van der Waals surface area contributed by atoms with Gasteiger partial charge < -0.3 is 15.4 Å². The summed E-state index contributed by atoms with van der Waals surface area (Å²) >= 11 is 0. The molecule has 1 aromatic carbocycles. The number of hydrogen-bond donors (Lipinski definition) is 1. The third-order valence-corrected chi connectivity index (χ3v) is 3.95. The molecule has 2 rings (SSSR count). The van der Waals surface area contributed by atoms with Crippen molar-refractivity contribution in [2.45, 2.75) is 20.4 Å². The molecule has 0 unspecified atom stereocenters. The summed E-state index contributed by atoms with van der Waals surface area (Å²) < 4.78 is 6.91. The van der Waals surface area contributed by atoms with Crippen molar-refractivity contribution in [3.8, 4) is 5.75 Å². The summed E-state index contributed by atoms with van der Waals surface area (Å²) in [5, 5.41) is 4.29. The number of amides is 1. The summed E-state index contributed by atoms with van der Waals surface area (Å²) in [7, 11) is 3.43. The fourth-order valence-electron chi connectivity index (χ4n) is 2.48. The number of methoxy groups -OCH3 is 1. The van der Waals surface area contributed by atoms with E-state index in [1.165, 1.54) is 0 Å². The number of carbonyl (C=O) groups excluding carboxylic acids is 1. The highest BCUT2D eigenvalue weighted by Gasteiger charge is 2.22. The Hall–Kier alpha value is -2.34. The molecule has 1 aromatic heterocycles. The Morgan fingerprint density at radius 1 is 1.33 bits per heavy atom. The van der Waals surface area contributed by atoms with Crippen molar-refractivity contribution >= 4 is 5.91 Å². The number of benzene rings is 1. The normalized spacial score (nSPS) is 11.4. The quantitative estimate of drug-likeness (QED) is 0.843. The summed E-state index contributed by atoms with van der Waals surface area (Å²) in [5.74, 6) is 0.775. The molecule has 6 heteroatoms. The van der Waals surface area contributed by atoms with Gasteiger partial charge >= 0.3 is 0 Å². The van der Waals surface area contributed by atoms with Crippen LogP contribution in [0.4, 0.5) is 0 Å². The molecule has 0 fully saturated rings. The Bertz CT molecular complexity index is 677. The topological polar surface area (TPSA) is 73.4 Å². The SMILES string of the molecule is COc1ccc(Cn2cc(C(=O)N(C)CC(C)(C)CN)cn2)cc1. The Kier molecular flexibility index (Phi) is 5.62. The first-order chi connectivity index (χ1) is 11.3. The van der Waals surface area contributed by atoms with Gasteiger partial charge in [-0.15, -0.1) is 0 Å². The molecule has 0 atom stereocenters. The molecule has 0 spiro atoms. The zero-order chi connectivity index (χ0) is 17.7. The van der Waals surface area contributed by atoms with Gasteiger partial charge in [-0.25, -0.2) is 0 Å². The van der Waals surface area contributed by atoms with Crippen LogP contribution in [0.5, 0.6) is 5.75 Å². The minimum Gasteiger partial charge on any atom is -0.497 e. The van der Waals surface area contributed by atoms with Crippen molar-refractivity contribution in [1.82, 2.24) is 14.7 Å². The smallest absolute Gasteiger partial charge is 0.256 e. The minimum atomic E-state index is -0.108. The van der Waals surface area contributed by atoms with E-state index in [0.29, 0.717) is 25.2 Å². The molecule has 2 aromatic rings. The average Bonchev–Trinajstić information content (AvgIpc) is 3.03. The first kappa shape index (κ1) is 18.0. The predicted octanol–water partition coefficient (Wildman–Crippen LogP) is 2.00. The van der Waals surface area contributed by atoms with Crippen LogP contribution in [0.1, 0.15) is 29.8 Å². The summed E-state index contributed by atoms with van der Waals surface area (Å²) in [6.07, 6.45) is 3.39. The van der Waals surface area contributed by atoms with Gasteiger partial charge in [0.05, 0.1) is 25.4 Å². The van der Waals surface area contributed by atoms with Crippen molar-refractivity contribution in [3.63, 3.8) is 0 Å². The van der Waals surface area contributed by atoms with Gasteiger partial charge in [-0.2, -0.15) is 5.10 Å². The van der Waals surface area contributed by atoms with Crippen molar-refractivity contribution < 1.29 is 9.53 Å². The van der Waals surface area contributed by atoms with Gasteiger partial charge in [0.25, 0.3) is 5.91 Å². The fraction of sp³-hybridized carbons (Fsp3) is 0.444. The highest BCUT2D eigenvalue weighted by molar-refractivity contribution is 5.93. The molecule has 1 amide bonds. The largest absolute Gasteiger partial charge is 0.497 e. The third kappa shape index (κ3) is 4.58. The highest BCUT2D eigenvalue weighted by Crippen LogP contribution is 2.16. The molecule has 0 aliphatic heterocycles. The van der Waals surface area contributed by atoms with Gasteiger partial charge in [0, 0.05) is 19.8 Å². The van der Waals surface area contributed by atoms with Gasteiger partial charge in [-0.05, 0) is 29.7 Å². The van der Waals surface area contributed by atoms with E-state index in [1.807, 2.05) is 38.1 Å². The maximum Gasteiger partial charge on any atom is 0.256 e. The van der Waals surface area contributed by atoms with Crippen LogP contribution in [0.3, 0.4) is 0 Å². The van der Waals surface area contributed by atoms with Crippen LogP contribution in [0.2, 0.25) is 0 Å². The number of aromatic nitrogens is 2. The van der Waals surface area contributed by atoms with E-state index in [0.717, 1.165) is 11.3 Å². The van der Waals surface area contributed by atoms with E-state index in [1.54, 1.807) is 36.1 Å². The third-order valence-electron chi connectivity index (χ3n) is 3.95. The second-order valence-electron chi connectivity index (χ2n) is 6.80. The summed E-state index contributed by atoms with van der Waals surface area (Å²) in [6, 6.07) is 7.79. The standard InChI is InChI=1S/C18H26N4O2/c1-18(2,12-19)13-21(3)17(23)15-9-20-22(11-15)10-14-5-7-16(24-4)8-6-14/h5-9,11H,10,12-13,19H2,1-4H3. The molecule has 0 saturated heterocycles.